The quantitative estimate of drug-likeness (QED) is 0.297. The average molecular weight is 490 g/mol. The molecule has 0 spiro atoms. The van der Waals surface area contributed by atoms with Gasteiger partial charge in [-0.25, -0.2) is 14.4 Å². The van der Waals surface area contributed by atoms with Crippen LogP contribution in [0.25, 0.3) is 0 Å². The first-order valence-electron chi connectivity index (χ1n) is 10.8. The molecule has 0 bridgehead atoms. The van der Waals surface area contributed by atoms with Crippen molar-refractivity contribution in [2.75, 3.05) is 36.4 Å². The molecule has 0 aliphatic carbocycles. The van der Waals surface area contributed by atoms with Crippen LogP contribution in [-0.4, -0.2) is 46.0 Å². The maximum absolute atomic E-state index is 13.5. The van der Waals surface area contributed by atoms with E-state index in [-0.39, 0.29) is 29.4 Å². The molecule has 1 saturated heterocycles. The molecule has 2 heterocycles. The molecule has 1 fully saturated rings. The first-order chi connectivity index (χ1) is 16.7. The van der Waals surface area contributed by atoms with Crippen LogP contribution in [0.4, 0.5) is 34.9 Å². The van der Waals surface area contributed by atoms with Gasteiger partial charge in [-0.15, -0.1) is 0 Å². The number of rotatable bonds is 7. The predicted molar refractivity (Wildman–Crippen MR) is 121 cm³/mol. The van der Waals surface area contributed by atoms with Crippen molar-refractivity contribution < 1.29 is 22.5 Å². The van der Waals surface area contributed by atoms with E-state index in [1.165, 1.54) is 18.0 Å². The Hall–Kier alpha value is -3.80. The first-order valence-corrected chi connectivity index (χ1v) is 10.8. The molecule has 3 aromatic rings. The lowest BCUT2D eigenvalue weighted by Gasteiger charge is -2.35. The predicted octanol–water partition coefficient (Wildman–Crippen LogP) is 4.48. The molecule has 0 amide bonds. The van der Waals surface area contributed by atoms with Gasteiger partial charge in [0.05, 0.1) is 10.5 Å². The largest absolute Gasteiger partial charge is 0.419 e. The van der Waals surface area contributed by atoms with E-state index in [0.29, 0.717) is 38.3 Å². The Morgan fingerprint density at radius 2 is 1.71 bits per heavy atom. The van der Waals surface area contributed by atoms with E-state index in [1.807, 2.05) is 30.3 Å². The van der Waals surface area contributed by atoms with E-state index < -0.39 is 22.5 Å². The minimum Gasteiger partial charge on any atom is -0.360 e. The maximum atomic E-state index is 13.5. The number of hydrogen-bond acceptors (Lipinski definition) is 7. The number of halogens is 4. The summed E-state index contributed by atoms with van der Waals surface area (Å²) < 4.78 is 52.5. The summed E-state index contributed by atoms with van der Waals surface area (Å²) in [6, 6.07) is 12.5. The van der Waals surface area contributed by atoms with Crippen LogP contribution < -0.4 is 10.2 Å². The molecule has 2 aromatic carbocycles. The zero-order valence-electron chi connectivity index (χ0n) is 18.5. The lowest BCUT2D eigenvalue weighted by Crippen LogP contribution is -2.46. The fourth-order valence-corrected chi connectivity index (χ4v) is 3.94. The molecule has 1 aromatic heterocycles. The van der Waals surface area contributed by atoms with Gasteiger partial charge in [-0.05, 0) is 23.3 Å². The summed E-state index contributed by atoms with van der Waals surface area (Å²) >= 11 is 0. The minimum absolute atomic E-state index is 0.0997. The van der Waals surface area contributed by atoms with Crippen molar-refractivity contribution in [3.8, 4) is 0 Å². The highest BCUT2D eigenvalue weighted by atomic mass is 19.4. The molecule has 184 valence electrons. The summed E-state index contributed by atoms with van der Waals surface area (Å²) in [7, 11) is 0. The van der Waals surface area contributed by atoms with Crippen LogP contribution in [0.15, 0.2) is 54.9 Å². The Morgan fingerprint density at radius 3 is 2.37 bits per heavy atom. The van der Waals surface area contributed by atoms with Crippen molar-refractivity contribution >= 4 is 17.3 Å². The Kier molecular flexibility index (Phi) is 7.10. The summed E-state index contributed by atoms with van der Waals surface area (Å²) in [6.07, 6.45) is -3.68. The third-order valence-corrected chi connectivity index (χ3v) is 5.70. The van der Waals surface area contributed by atoms with Crippen molar-refractivity contribution in [2.24, 2.45) is 0 Å². The minimum atomic E-state index is -4.85. The number of nitrogens with zero attached hydrogens (tertiary/aromatic N) is 5. The summed E-state index contributed by atoms with van der Waals surface area (Å²) in [5, 5.41) is 14.6. The highest BCUT2D eigenvalue weighted by molar-refractivity contribution is 5.70. The van der Waals surface area contributed by atoms with E-state index in [4.69, 9.17) is 0 Å². The summed E-state index contributed by atoms with van der Waals surface area (Å²) in [6.45, 7) is 2.92. The molecule has 0 radical (unpaired) electrons. The van der Waals surface area contributed by atoms with Gasteiger partial charge in [-0.3, -0.25) is 15.0 Å². The van der Waals surface area contributed by atoms with Crippen LogP contribution >= 0.6 is 0 Å². The van der Waals surface area contributed by atoms with Gasteiger partial charge in [0, 0.05) is 39.3 Å². The Morgan fingerprint density at radius 1 is 1.00 bits per heavy atom. The number of alkyl halides is 3. The van der Waals surface area contributed by atoms with Crippen molar-refractivity contribution in [3.63, 3.8) is 0 Å². The molecule has 12 heteroatoms. The first kappa shape index (κ1) is 24.3. The van der Waals surface area contributed by atoms with Crippen LogP contribution in [-0.2, 0) is 19.3 Å². The number of anilines is 2. The zero-order chi connectivity index (χ0) is 25.0. The number of hydrogen-bond donors (Lipinski definition) is 1. The third-order valence-electron chi connectivity index (χ3n) is 5.70. The molecular formula is C23H22F4N6O2. The molecule has 35 heavy (non-hydrogen) atoms. The standard InChI is InChI=1S/C23H22F4N6O2/c24-19-7-6-17(12-18(19)23(25,26)27)13-28-21-20(33(34)35)22(30-15-29-21)32-10-8-31(9-11-32)14-16-4-2-1-3-5-16/h1-7,12,15H,8-11,13-14H2,(H,28,29,30). The summed E-state index contributed by atoms with van der Waals surface area (Å²) in [4.78, 5) is 23.4. The lowest BCUT2D eigenvalue weighted by atomic mass is 10.1. The van der Waals surface area contributed by atoms with Gasteiger partial charge in [0.1, 0.15) is 12.1 Å². The fourth-order valence-electron chi connectivity index (χ4n) is 3.94. The topological polar surface area (TPSA) is 87.4 Å². The Bertz CT molecular complexity index is 1180. The molecule has 0 saturated carbocycles. The molecular weight excluding hydrogens is 468 g/mol. The highest BCUT2D eigenvalue weighted by Gasteiger charge is 2.34. The van der Waals surface area contributed by atoms with Crippen LogP contribution in [0.2, 0.25) is 0 Å². The van der Waals surface area contributed by atoms with Crippen molar-refractivity contribution in [1.82, 2.24) is 14.9 Å². The maximum Gasteiger partial charge on any atom is 0.419 e. The van der Waals surface area contributed by atoms with Crippen molar-refractivity contribution in [2.45, 2.75) is 19.3 Å². The third kappa shape index (κ3) is 5.83. The second kappa shape index (κ2) is 10.2. The number of benzene rings is 2. The zero-order valence-corrected chi connectivity index (χ0v) is 18.5. The lowest BCUT2D eigenvalue weighted by molar-refractivity contribution is -0.383. The van der Waals surface area contributed by atoms with Crippen LogP contribution in [0, 0.1) is 15.9 Å². The second-order valence-electron chi connectivity index (χ2n) is 8.07. The normalized spacial score (nSPS) is 14.7. The van der Waals surface area contributed by atoms with Crippen molar-refractivity contribution in [3.05, 3.63) is 87.5 Å². The number of aromatic nitrogens is 2. The van der Waals surface area contributed by atoms with E-state index >= 15 is 0 Å². The van der Waals surface area contributed by atoms with Crippen LogP contribution in [0.5, 0.6) is 0 Å². The average Bonchev–Trinajstić information content (AvgIpc) is 2.83. The van der Waals surface area contributed by atoms with Crippen molar-refractivity contribution in [1.29, 1.82) is 0 Å². The number of nitro groups is 1. The highest BCUT2D eigenvalue weighted by Crippen LogP contribution is 2.34. The van der Waals surface area contributed by atoms with E-state index in [1.54, 1.807) is 4.90 Å². The van der Waals surface area contributed by atoms with Gasteiger partial charge >= 0.3 is 11.9 Å². The Balaban J connectivity index is 1.47. The van der Waals surface area contributed by atoms with E-state index in [0.717, 1.165) is 6.54 Å². The van der Waals surface area contributed by atoms with Gasteiger partial charge in [0.25, 0.3) is 0 Å². The van der Waals surface area contributed by atoms with Gasteiger partial charge in [0.2, 0.25) is 11.6 Å². The summed E-state index contributed by atoms with van der Waals surface area (Å²) in [5.41, 5.74) is -0.483. The molecule has 4 rings (SSSR count). The fraction of sp³-hybridized carbons (Fsp3) is 0.304. The molecule has 8 nitrogen and oxygen atoms in total. The SMILES string of the molecule is O=[N+]([O-])c1c(NCc2ccc(F)c(C(F)(F)F)c2)ncnc1N1CCN(Cc2ccccc2)CC1. The van der Waals surface area contributed by atoms with Gasteiger partial charge < -0.3 is 10.2 Å². The number of piperazine rings is 1. The summed E-state index contributed by atoms with van der Waals surface area (Å²) in [5.74, 6) is -1.37. The molecule has 1 aliphatic rings. The van der Waals surface area contributed by atoms with Crippen LogP contribution in [0.3, 0.4) is 0 Å². The van der Waals surface area contributed by atoms with Gasteiger partial charge in [0.15, 0.2) is 0 Å². The Labute approximate surface area is 198 Å². The molecule has 1 aliphatic heterocycles. The number of nitrogens with one attached hydrogen (secondary N) is 1. The molecule has 0 atom stereocenters. The van der Waals surface area contributed by atoms with Gasteiger partial charge in [-0.1, -0.05) is 36.4 Å². The van der Waals surface area contributed by atoms with Crippen LogP contribution in [0.1, 0.15) is 16.7 Å². The van der Waals surface area contributed by atoms with Gasteiger partial charge in [-0.2, -0.15) is 13.2 Å². The van der Waals surface area contributed by atoms with E-state index in [2.05, 4.69) is 20.2 Å². The molecule has 1 N–H and O–H groups in total. The monoisotopic (exact) mass is 490 g/mol. The second-order valence-corrected chi connectivity index (χ2v) is 8.07. The smallest absolute Gasteiger partial charge is 0.360 e. The van der Waals surface area contributed by atoms with E-state index in [9.17, 15) is 27.7 Å². The molecule has 0 unspecified atom stereocenters.